The molecule has 0 bridgehead atoms. The Bertz CT molecular complexity index is 1190. The zero-order valence-corrected chi connectivity index (χ0v) is 21.9. The van der Waals surface area contributed by atoms with Crippen LogP contribution in [0.15, 0.2) is 42.0 Å². The minimum Gasteiger partial charge on any atom is -0.507 e. The number of amides is 1. The third-order valence-corrected chi connectivity index (χ3v) is 6.75. The van der Waals surface area contributed by atoms with E-state index in [0.717, 1.165) is 30.6 Å². The fourth-order valence-electron chi connectivity index (χ4n) is 4.88. The number of carbonyl (C=O) groups excluding carboxylic acids is 2. The third kappa shape index (κ3) is 5.44. The lowest BCUT2D eigenvalue weighted by Gasteiger charge is -2.25. The van der Waals surface area contributed by atoms with Crippen LogP contribution in [0.25, 0.3) is 5.76 Å². The van der Waals surface area contributed by atoms with Crippen molar-refractivity contribution in [1.29, 1.82) is 0 Å². The Morgan fingerprint density at radius 3 is 2.62 bits per heavy atom. The highest BCUT2D eigenvalue weighted by atomic mass is 16.5. The second kappa shape index (κ2) is 11.7. The number of aliphatic hydroxyl groups is 1. The number of ketones is 1. The van der Waals surface area contributed by atoms with Gasteiger partial charge in [-0.15, -0.1) is 0 Å². The highest BCUT2D eigenvalue weighted by Crippen LogP contribution is 2.42. The fraction of sp³-hybridized carbons (Fsp3) is 0.448. The summed E-state index contributed by atoms with van der Waals surface area (Å²) in [6.07, 6.45) is 3.85. The van der Waals surface area contributed by atoms with E-state index in [1.165, 1.54) is 12.0 Å². The van der Waals surface area contributed by atoms with Crippen molar-refractivity contribution in [2.75, 3.05) is 34.0 Å². The van der Waals surface area contributed by atoms with Crippen molar-refractivity contribution in [2.45, 2.75) is 51.7 Å². The first-order chi connectivity index (χ1) is 17.9. The number of benzene rings is 2. The van der Waals surface area contributed by atoms with Crippen molar-refractivity contribution in [1.82, 2.24) is 4.90 Å². The average Bonchev–Trinajstić information content (AvgIpc) is 3.40. The van der Waals surface area contributed by atoms with Gasteiger partial charge in [0.15, 0.2) is 11.5 Å². The molecule has 0 spiro atoms. The molecule has 2 aliphatic heterocycles. The SMILES string of the molecule is CCCCCOc1ccc(C2/C(=C(\O)c3ccc4c(c3)CC(C)O4)C(=O)C(=O)N2CCOC)cc1OC. The molecule has 2 unspecified atom stereocenters. The lowest BCUT2D eigenvalue weighted by molar-refractivity contribution is -0.140. The normalized spacial score (nSPS) is 20.2. The molecular weight excluding hydrogens is 474 g/mol. The summed E-state index contributed by atoms with van der Waals surface area (Å²) in [6, 6.07) is 9.86. The van der Waals surface area contributed by atoms with Crippen LogP contribution in [0.1, 0.15) is 55.8 Å². The molecule has 2 aromatic carbocycles. The molecule has 1 fully saturated rings. The molecule has 0 aromatic heterocycles. The van der Waals surface area contributed by atoms with Crippen LogP contribution in [0.4, 0.5) is 0 Å². The van der Waals surface area contributed by atoms with Crippen molar-refractivity contribution in [3.8, 4) is 17.2 Å². The molecule has 0 aliphatic carbocycles. The number of nitrogens with zero attached hydrogens (tertiary/aromatic N) is 1. The predicted molar refractivity (Wildman–Crippen MR) is 139 cm³/mol. The summed E-state index contributed by atoms with van der Waals surface area (Å²) >= 11 is 0. The van der Waals surface area contributed by atoms with E-state index >= 15 is 0 Å². The van der Waals surface area contributed by atoms with Crippen LogP contribution in [0.5, 0.6) is 17.2 Å². The van der Waals surface area contributed by atoms with Gasteiger partial charge in [0.05, 0.1) is 31.9 Å². The van der Waals surface area contributed by atoms with E-state index in [-0.39, 0.29) is 30.6 Å². The van der Waals surface area contributed by atoms with Crippen molar-refractivity contribution in [3.63, 3.8) is 0 Å². The highest BCUT2D eigenvalue weighted by Gasteiger charge is 2.46. The van der Waals surface area contributed by atoms with E-state index < -0.39 is 17.7 Å². The van der Waals surface area contributed by atoms with Crippen molar-refractivity contribution < 1.29 is 33.6 Å². The van der Waals surface area contributed by atoms with E-state index in [0.29, 0.717) is 35.7 Å². The Hall–Kier alpha value is -3.52. The van der Waals surface area contributed by atoms with Gasteiger partial charge in [-0.25, -0.2) is 0 Å². The topological polar surface area (TPSA) is 94.5 Å². The van der Waals surface area contributed by atoms with Gasteiger partial charge in [-0.1, -0.05) is 25.8 Å². The molecule has 1 amide bonds. The van der Waals surface area contributed by atoms with Crippen LogP contribution < -0.4 is 14.2 Å². The van der Waals surface area contributed by atoms with Crippen LogP contribution in [0.2, 0.25) is 0 Å². The lowest BCUT2D eigenvalue weighted by Crippen LogP contribution is -2.32. The van der Waals surface area contributed by atoms with Gasteiger partial charge in [0.2, 0.25) is 0 Å². The summed E-state index contributed by atoms with van der Waals surface area (Å²) in [4.78, 5) is 27.8. The Labute approximate surface area is 217 Å². The highest BCUT2D eigenvalue weighted by molar-refractivity contribution is 6.46. The smallest absolute Gasteiger partial charge is 0.295 e. The molecule has 8 nitrogen and oxygen atoms in total. The quantitative estimate of drug-likeness (QED) is 0.204. The Morgan fingerprint density at radius 1 is 1.08 bits per heavy atom. The summed E-state index contributed by atoms with van der Waals surface area (Å²) < 4.78 is 22.5. The first-order valence-corrected chi connectivity index (χ1v) is 12.8. The summed E-state index contributed by atoms with van der Waals surface area (Å²) in [7, 11) is 3.08. The molecule has 4 rings (SSSR count). The van der Waals surface area contributed by atoms with E-state index in [9.17, 15) is 14.7 Å². The first-order valence-electron chi connectivity index (χ1n) is 12.8. The molecule has 37 heavy (non-hydrogen) atoms. The van der Waals surface area contributed by atoms with Gasteiger partial charge < -0.3 is 29.0 Å². The van der Waals surface area contributed by atoms with E-state index in [2.05, 4.69) is 6.92 Å². The number of fused-ring (bicyclic) bond motifs is 1. The Balaban J connectivity index is 1.75. The summed E-state index contributed by atoms with van der Waals surface area (Å²) in [5.74, 6) is 0.215. The van der Waals surface area contributed by atoms with Gasteiger partial charge in [-0.05, 0) is 54.8 Å². The molecule has 2 heterocycles. The van der Waals surface area contributed by atoms with Gasteiger partial charge in [0, 0.05) is 25.6 Å². The molecule has 2 aliphatic rings. The van der Waals surface area contributed by atoms with Gasteiger partial charge in [-0.2, -0.15) is 0 Å². The lowest BCUT2D eigenvalue weighted by atomic mass is 9.94. The molecule has 2 atom stereocenters. The largest absolute Gasteiger partial charge is 0.507 e. The van der Waals surface area contributed by atoms with E-state index in [1.807, 2.05) is 13.0 Å². The molecule has 8 heteroatoms. The maximum absolute atomic E-state index is 13.3. The summed E-state index contributed by atoms with van der Waals surface area (Å²) in [6.45, 7) is 5.11. The summed E-state index contributed by atoms with van der Waals surface area (Å²) in [5.41, 5.74) is 2.08. The minimum atomic E-state index is -0.804. The van der Waals surface area contributed by atoms with Crippen molar-refractivity contribution in [3.05, 3.63) is 58.7 Å². The number of hydrogen-bond donors (Lipinski definition) is 1. The molecule has 2 aromatic rings. The fourth-order valence-corrected chi connectivity index (χ4v) is 4.88. The predicted octanol–water partition coefficient (Wildman–Crippen LogP) is 4.66. The van der Waals surface area contributed by atoms with Crippen LogP contribution in [0, 0.1) is 0 Å². The number of rotatable bonds is 11. The molecule has 0 radical (unpaired) electrons. The minimum absolute atomic E-state index is 0.0340. The zero-order chi connectivity index (χ0) is 26.5. The maximum atomic E-state index is 13.3. The van der Waals surface area contributed by atoms with Crippen LogP contribution in [-0.4, -0.2) is 61.8 Å². The van der Waals surface area contributed by atoms with E-state index in [1.54, 1.807) is 37.4 Å². The molecule has 1 saturated heterocycles. The zero-order valence-electron chi connectivity index (χ0n) is 21.9. The first kappa shape index (κ1) is 26.5. The maximum Gasteiger partial charge on any atom is 0.295 e. The van der Waals surface area contributed by atoms with Crippen LogP contribution in [-0.2, 0) is 20.7 Å². The number of Topliss-reactive ketones (excluding diaryl/α,β-unsaturated/α-hetero) is 1. The Morgan fingerprint density at radius 2 is 1.89 bits per heavy atom. The van der Waals surface area contributed by atoms with Gasteiger partial charge in [0.25, 0.3) is 11.7 Å². The summed E-state index contributed by atoms with van der Waals surface area (Å²) in [5, 5.41) is 11.4. The number of hydrogen-bond acceptors (Lipinski definition) is 7. The molecule has 0 saturated carbocycles. The number of ether oxygens (including phenoxy) is 4. The Kier molecular flexibility index (Phi) is 8.38. The van der Waals surface area contributed by atoms with E-state index in [4.69, 9.17) is 18.9 Å². The number of carbonyl (C=O) groups is 2. The number of unbranched alkanes of at least 4 members (excludes halogenated alkanes) is 2. The second-order valence-corrected chi connectivity index (χ2v) is 9.41. The molecule has 1 N–H and O–H groups in total. The van der Waals surface area contributed by atoms with Crippen molar-refractivity contribution >= 4 is 17.4 Å². The van der Waals surface area contributed by atoms with Crippen LogP contribution >= 0.6 is 0 Å². The van der Waals surface area contributed by atoms with Crippen molar-refractivity contribution in [2.24, 2.45) is 0 Å². The van der Waals surface area contributed by atoms with Gasteiger partial charge in [0.1, 0.15) is 17.6 Å². The average molecular weight is 510 g/mol. The van der Waals surface area contributed by atoms with Gasteiger partial charge in [-0.3, -0.25) is 9.59 Å². The second-order valence-electron chi connectivity index (χ2n) is 9.41. The molecular formula is C29H35NO7. The number of likely N-dealkylation sites (tertiary alicyclic amines) is 1. The number of methoxy groups -OCH3 is 2. The number of aliphatic hydroxyl groups excluding tert-OH is 1. The molecule has 198 valence electrons. The monoisotopic (exact) mass is 509 g/mol. The van der Waals surface area contributed by atoms with Gasteiger partial charge >= 0.3 is 0 Å². The standard InChI is InChI=1S/C29H35NO7/c1-5-6-7-13-36-23-11-8-19(17-24(23)35-4)26-25(28(32)29(33)30(26)12-14-34-3)27(31)20-9-10-22-21(16-20)15-18(2)37-22/h8-11,16-18,26,31H,5-7,12-15H2,1-4H3/b27-25+. The third-order valence-electron chi connectivity index (χ3n) is 6.75. The van der Waals surface area contributed by atoms with Crippen LogP contribution in [0.3, 0.4) is 0 Å².